The molecule has 0 saturated carbocycles. The third-order valence-electron chi connectivity index (χ3n) is 4.00. The van der Waals surface area contributed by atoms with Crippen molar-refractivity contribution in [2.75, 3.05) is 13.1 Å². The van der Waals surface area contributed by atoms with Gasteiger partial charge in [-0.25, -0.2) is 0 Å². The van der Waals surface area contributed by atoms with Crippen LogP contribution < -0.4 is 0 Å². The predicted molar refractivity (Wildman–Crippen MR) is 74.0 cm³/mol. The van der Waals surface area contributed by atoms with E-state index in [1.165, 1.54) is 25.6 Å². The lowest BCUT2D eigenvalue weighted by Crippen LogP contribution is -2.57. The minimum Gasteiger partial charge on any atom is -0.323 e. The van der Waals surface area contributed by atoms with Crippen molar-refractivity contribution in [3.8, 4) is 0 Å². The maximum absolute atomic E-state index is 2.81. The third kappa shape index (κ3) is 3.07. The van der Waals surface area contributed by atoms with Crippen LogP contribution in [0, 0.1) is 0 Å². The molecular weight excluding hydrogens is 198 g/mol. The van der Waals surface area contributed by atoms with E-state index in [1.54, 1.807) is 0 Å². The molecule has 15 heavy (non-hydrogen) atoms. The summed E-state index contributed by atoms with van der Waals surface area (Å²) in [6.45, 7) is 19.2. The fourth-order valence-electron chi connectivity index (χ4n) is 3.35. The van der Waals surface area contributed by atoms with Crippen LogP contribution in [-0.2, 0) is 0 Å². The monoisotopic (exact) mass is 229 g/mol. The molecule has 92 valence electrons. The van der Waals surface area contributed by atoms with Gasteiger partial charge in [-0.1, -0.05) is 54.9 Å². The van der Waals surface area contributed by atoms with E-state index in [0.29, 0.717) is 0 Å². The van der Waals surface area contributed by atoms with Crippen molar-refractivity contribution >= 4 is 8.24 Å². The van der Waals surface area contributed by atoms with Crippen LogP contribution in [0.5, 0.6) is 0 Å². The second-order valence-corrected chi connectivity index (χ2v) is 10.6. The molecule has 0 amide bonds. The summed E-state index contributed by atoms with van der Waals surface area (Å²) in [5.41, 5.74) is 1.75. The Balaban J connectivity index is 5.09. The smallest absolute Gasteiger partial charge is 0.133 e. The molecule has 0 saturated heterocycles. The van der Waals surface area contributed by atoms with Gasteiger partial charge in [0, 0.05) is 0 Å². The van der Waals surface area contributed by atoms with Crippen LogP contribution in [0.1, 0.15) is 54.9 Å². The van der Waals surface area contributed by atoms with E-state index in [9.17, 15) is 0 Å². The van der Waals surface area contributed by atoms with Gasteiger partial charge in [0.1, 0.15) is 8.24 Å². The first-order valence-corrected chi connectivity index (χ1v) is 9.03. The van der Waals surface area contributed by atoms with Crippen molar-refractivity contribution in [2.45, 2.75) is 72.0 Å². The topological polar surface area (TPSA) is 3.24 Å². The van der Waals surface area contributed by atoms with E-state index in [0.717, 1.165) is 11.1 Å². The Morgan fingerprint density at radius 1 is 0.867 bits per heavy atom. The molecule has 0 spiro atoms. The summed E-state index contributed by atoms with van der Waals surface area (Å²) in [6, 6.07) is 1.46. The Kier molecular flexibility index (Phi) is 6.77. The molecule has 0 aliphatic carbocycles. The predicted octanol–water partition coefficient (Wildman–Crippen LogP) is 4.50. The van der Waals surface area contributed by atoms with Crippen LogP contribution in [0.2, 0.25) is 17.1 Å². The van der Waals surface area contributed by atoms with Crippen molar-refractivity contribution in [1.29, 1.82) is 0 Å². The zero-order valence-corrected chi connectivity index (χ0v) is 12.9. The van der Waals surface area contributed by atoms with E-state index in [2.05, 4.69) is 53.0 Å². The molecule has 2 heteroatoms. The van der Waals surface area contributed by atoms with Crippen LogP contribution >= 0.6 is 0 Å². The van der Waals surface area contributed by atoms with Crippen LogP contribution in [0.3, 0.4) is 0 Å². The molecule has 0 aliphatic heterocycles. The Morgan fingerprint density at radius 2 is 1.27 bits per heavy atom. The molecule has 0 heterocycles. The summed E-state index contributed by atoms with van der Waals surface area (Å²) < 4.78 is 2.81. The fraction of sp³-hybridized carbons (Fsp3) is 1.00. The van der Waals surface area contributed by atoms with Gasteiger partial charge in [-0.05, 0) is 30.2 Å². The lowest BCUT2D eigenvalue weighted by atomic mass is 10.5. The van der Waals surface area contributed by atoms with Gasteiger partial charge in [0.25, 0.3) is 0 Å². The zero-order valence-electron chi connectivity index (χ0n) is 11.9. The van der Waals surface area contributed by atoms with Gasteiger partial charge in [0.15, 0.2) is 0 Å². The lowest BCUT2D eigenvalue weighted by Gasteiger charge is -2.47. The zero-order chi connectivity index (χ0) is 12.1. The van der Waals surface area contributed by atoms with E-state index >= 15 is 0 Å². The lowest BCUT2D eigenvalue weighted by molar-refractivity contribution is 0.434. The highest BCUT2D eigenvalue weighted by molar-refractivity contribution is 6.79. The fourth-order valence-corrected chi connectivity index (χ4v) is 9.59. The van der Waals surface area contributed by atoms with Crippen molar-refractivity contribution in [3.63, 3.8) is 0 Å². The highest BCUT2D eigenvalue weighted by Crippen LogP contribution is 2.39. The molecule has 0 radical (unpaired) electrons. The molecule has 0 aliphatic rings. The summed E-state index contributed by atoms with van der Waals surface area (Å²) in [7, 11) is -1.25. The first-order chi connectivity index (χ1) is 6.97. The van der Waals surface area contributed by atoms with Gasteiger partial charge in [-0.3, -0.25) is 0 Å². The van der Waals surface area contributed by atoms with Crippen LogP contribution in [0.15, 0.2) is 0 Å². The summed E-state index contributed by atoms with van der Waals surface area (Å²) in [5, 5.41) is 0. The van der Waals surface area contributed by atoms with Gasteiger partial charge in [-0.2, -0.15) is 0 Å². The second kappa shape index (κ2) is 6.69. The quantitative estimate of drug-likeness (QED) is 0.581. The van der Waals surface area contributed by atoms with Gasteiger partial charge >= 0.3 is 0 Å². The first-order valence-electron chi connectivity index (χ1n) is 6.72. The molecule has 1 nitrogen and oxygen atoms in total. The van der Waals surface area contributed by atoms with Crippen molar-refractivity contribution < 1.29 is 0 Å². The average Bonchev–Trinajstić information content (AvgIpc) is 2.17. The molecule has 0 bridgehead atoms. The first kappa shape index (κ1) is 15.2. The van der Waals surface area contributed by atoms with Crippen molar-refractivity contribution in [2.24, 2.45) is 0 Å². The minimum atomic E-state index is -1.25. The molecule has 0 aromatic rings. The van der Waals surface area contributed by atoms with Crippen LogP contribution in [0.25, 0.3) is 0 Å². The Morgan fingerprint density at radius 3 is 1.47 bits per heavy atom. The number of nitrogens with zero attached hydrogens (tertiary/aromatic N) is 1. The maximum atomic E-state index is 2.81. The summed E-state index contributed by atoms with van der Waals surface area (Å²) in [6.07, 6.45) is 1.35. The number of rotatable bonds is 7. The Labute approximate surface area is 98.3 Å². The van der Waals surface area contributed by atoms with Gasteiger partial charge in [-0.15, -0.1) is 0 Å². The molecule has 0 N–H and O–H groups in total. The standard InChI is InChI=1S/C13H31NSi/c1-8-11-15(12(4)5,13(6)7)14(9-2)10-3/h12-13H,8-11H2,1-7H3. The SMILES string of the molecule is CCC[Si](C(C)C)(C(C)C)N(CC)CC. The highest BCUT2D eigenvalue weighted by atomic mass is 28.3. The van der Waals surface area contributed by atoms with Gasteiger partial charge < -0.3 is 4.57 Å². The van der Waals surface area contributed by atoms with Crippen LogP contribution in [-0.4, -0.2) is 25.9 Å². The molecular formula is C13H31NSi. The van der Waals surface area contributed by atoms with E-state index in [1.807, 2.05) is 0 Å². The largest absolute Gasteiger partial charge is 0.323 e. The number of hydrogen-bond acceptors (Lipinski definition) is 1. The minimum absolute atomic E-state index is 0.873. The summed E-state index contributed by atoms with van der Waals surface area (Å²) in [5.74, 6) is 0. The highest BCUT2D eigenvalue weighted by Gasteiger charge is 2.43. The average molecular weight is 229 g/mol. The van der Waals surface area contributed by atoms with Gasteiger partial charge in [0.05, 0.1) is 0 Å². The maximum Gasteiger partial charge on any atom is 0.133 e. The van der Waals surface area contributed by atoms with Crippen LogP contribution in [0.4, 0.5) is 0 Å². The summed E-state index contributed by atoms with van der Waals surface area (Å²) in [4.78, 5) is 0. The third-order valence-corrected chi connectivity index (χ3v) is 11.1. The van der Waals surface area contributed by atoms with E-state index < -0.39 is 8.24 Å². The van der Waals surface area contributed by atoms with Crippen molar-refractivity contribution in [1.82, 2.24) is 4.57 Å². The molecule has 0 aromatic carbocycles. The molecule has 0 aromatic heterocycles. The second-order valence-electron chi connectivity index (χ2n) is 5.22. The van der Waals surface area contributed by atoms with E-state index in [-0.39, 0.29) is 0 Å². The normalized spacial score (nSPS) is 13.2. The molecule has 0 rings (SSSR count). The van der Waals surface area contributed by atoms with Gasteiger partial charge in [0.2, 0.25) is 0 Å². The molecule has 0 atom stereocenters. The number of hydrogen-bond donors (Lipinski definition) is 0. The van der Waals surface area contributed by atoms with Crippen molar-refractivity contribution in [3.05, 3.63) is 0 Å². The Bertz CT molecular complexity index is 154. The molecule has 0 fully saturated rings. The molecule has 0 unspecified atom stereocenters. The van der Waals surface area contributed by atoms with E-state index in [4.69, 9.17) is 0 Å². The summed E-state index contributed by atoms with van der Waals surface area (Å²) >= 11 is 0. The Hall–Kier alpha value is 0.177.